The van der Waals surface area contributed by atoms with Gasteiger partial charge in [0, 0.05) is 42.3 Å². The summed E-state index contributed by atoms with van der Waals surface area (Å²) in [6, 6.07) is 6.28. The minimum absolute atomic E-state index is 0.0221. The molecule has 0 radical (unpaired) electrons. The second kappa shape index (κ2) is 7.38. The summed E-state index contributed by atoms with van der Waals surface area (Å²) in [5, 5.41) is 10.8. The number of benzene rings is 1. The molecule has 178 valence electrons. The molecule has 2 bridgehead atoms. The van der Waals surface area contributed by atoms with Crippen LogP contribution in [-0.2, 0) is 16.6 Å². The highest BCUT2D eigenvalue weighted by Gasteiger charge is 2.66. The number of carbonyl (C=O) groups excluding carboxylic acids is 1. The van der Waals surface area contributed by atoms with Crippen LogP contribution >= 0.6 is 0 Å². The fourth-order valence-corrected chi connectivity index (χ4v) is 7.67. The van der Waals surface area contributed by atoms with Gasteiger partial charge in [-0.25, -0.2) is 0 Å². The van der Waals surface area contributed by atoms with Gasteiger partial charge in [0.25, 0.3) is 0 Å². The first-order valence-electron chi connectivity index (χ1n) is 12.8. The van der Waals surface area contributed by atoms with Crippen molar-refractivity contribution in [2.45, 2.75) is 62.1 Å². The van der Waals surface area contributed by atoms with Gasteiger partial charge in [0.05, 0.1) is 18.6 Å². The molecule has 2 saturated carbocycles. The number of phenols is 1. The van der Waals surface area contributed by atoms with Crippen molar-refractivity contribution in [3.05, 3.63) is 53.5 Å². The van der Waals surface area contributed by atoms with Crippen LogP contribution in [0.3, 0.4) is 0 Å². The fourth-order valence-electron chi connectivity index (χ4n) is 7.67. The van der Waals surface area contributed by atoms with Crippen molar-refractivity contribution < 1.29 is 19.1 Å². The zero-order chi connectivity index (χ0) is 23.0. The number of phenolic OH excluding ortho intramolecular Hbond substituents is 1. The number of hydrogen-bond donors (Lipinski definition) is 1. The molecule has 34 heavy (non-hydrogen) atoms. The number of likely N-dealkylation sites (tertiary alicyclic amines) is 1. The summed E-state index contributed by atoms with van der Waals surface area (Å²) >= 11 is 0. The molecule has 5 aliphatic rings. The van der Waals surface area contributed by atoms with Crippen LogP contribution in [0.1, 0.15) is 48.8 Å². The van der Waals surface area contributed by atoms with Crippen molar-refractivity contribution in [3.63, 3.8) is 0 Å². The Morgan fingerprint density at radius 3 is 2.94 bits per heavy atom. The van der Waals surface area contributed by atoms with Crippen LogP contribution in [0, 0.1) is 11.8 Å². The van der Waals surface area contributed by atoms with Crippen molar-refractivity contribution in [2.24, 2.45) is 11.8 Å². The summed E-state index contributed by atoms with van der Waals surface area (Å²) in [4.78, 5) is 17.8. The molecule has 1 unspecified atom stereocenters. The van der Waals surface area contributed by atoms with Crippen LogP contribution in [0.25, 0.3) is 6.08 Å². The lowest BCUT2D eigenvalue weighted by atomic mass is 9.51. The van der Waals surface area contributed by atoms with Crippen LogP contribution in [0.2, 0.25) is 0 Å². The normalized spacial score (nSPS) is 33.6. The lowest BCUT2D eigenvalue weighted by molar-refractivity contribution is -0.135. The molecular weight excluding hydrogens is 428 g/mol. The van der Waals surface area contributed by atoms with Gasteiger partial charge in [-0.05, 0) is 80.7 Å². The monoisotopic (exact) mass is 460 g/mol. The number of ether oxygens (including phenoxy) is 1. The van der Waals surface area contributed by atoms with E-state index in [1.54, 1.807) is 30.7 Å². The Balaban J connectivity index is 1.24. The van der Waals surface area contributed by atoms with Crippen molar-refractivity contribution in [1.29, 1.82) is 0 Å². The molecule has 1 aromatic heterocycles. The number of likely N-dealkylation sites (N-methyl/N-ethyl adjacent to an activating group) is 1. The highest BCUT2D eigenvalue weighted by molar-refractivity contribution is 5.91. The summed E-state index contributed by atoms with van der Waals surface area (Å²) in [6.07, 6.45) is 13.4. The summed E-state index contributed by atoms with van der Waals surface area (Å²) in [5.41, 5.74) is 3.36. The van der Waals surface area contributed by atoms with Gasteiger partial charge < -0.3 is 19.2 Å². The molecule has 1 saturated heterocycles. The Morgan fingerprint density at radius 1 is 1.26 bits per heavy atom. The van der Waals surface area contributed by atoms with Gasteiger partial charge in [-0.1, -0.05) is 6.07 Å². The minimum Gasteiger partial charge on any atom is -0.504 e. The van der Waals surface area contributed by atoms with Gasteiger partial charge in [0.1, 0.15) is 6.10 Å². The molecule has 7 rings (SSSR count). The number of piperidine rings is 1. The number of hydrogen-bond acceptors (Lipinski definition) is 5. The Bertz CT molecular complexity index is 1150. The van der Waals surface area contributed by atoms with Crippen LogP contribution in [0.15, 0.2) is 41.2 Å². The Morgan fingerprint density at radius 2 is 2.15 bits per heavy atom. The van der Waals surface area contributed by atoms with Crippen LogP contribution in [-0.4, -0.2) is 59.1 Å². The van der Waals surface area contributed by atoms with E-state index in [1.807, 2.05) is 18.0 Å². The second-order valence-electron chi connectivity index (χ2n) is 11.1. The first-order valence-corrected chi connectivity index (χ1v) is 12.8. The highest BCUT2D eigenvalue weighted by atomic mass is 16.5. The highest BCUT2D eigenvalue weighted by Crippen LogP contribution is 2.64. The number of rotatable bonds is 5. The standard InChI is InChI=1S/C28H32N2O4/c1-29(24(32)9-4-18-10-13-33-16-18)21-7-6-20-22-14-19-5-8-23(31)26-25(19)28(20,27(21)34-26)11-12-30(22)15-17-2-3-17/h4-5,8-10,13,16-17,20-22,27,31H,2-3,6-7,11-12,14-15H2,1H3/b9-4+/t20?,21-,22-,27+,28+/m1/s1. The van der Waals surface area contributed by atoms with E-state index in [0.29, 0.717) is 17.7 Å². The van der Waals surface area contributed by atoms with Crippen LogP contribution in [0.5, 0.6) is 11.5 Å². The third-order valence-corrected chi connectivity index (χ3v) is 9.40. The van der Waals surface area contributed by atoms with E-state index in [-0.39, 0.29) is 29.2 Å². The maximum absolute atomic E-state index is 13.2. The van der Waals surface area contributed by atoms with E-state index in [1.165, 1.54) is 30.5 Å². The van der Waals surface area contributed by atoms with E-state index in [4.69, 9.17) is 9.15 Å². The zero-order valence-corrected chi connectivity index (χ0v) is 19.7. The molecule has 1 aromatic carbocycles. The number of furan rings is 1. The summed E-state index contributed by atoms with van der Waals surface area (Å²) in [7, 11) is 1.90. The largest absolute Gasteiger partial charge is 0.504 e. The molecule has 3 fully saturated rings. The molecule has 2 aliphatic heterocycles. The smallest absolute Gasteiger partial charge is 0.246 e. The lowest BCUT2D eigenvalue weighted by Crippen LogP contribution is -2.69. The van der Waals surface area contributed by atoms with E-state index in [0.717, 1.165) is 43.7 Å². The minimum atomic E-state index is -0.115. The van der Waals surface area contributed by atoms with Crippen LogP contribution < -0.4 is 4.74 Å². The second-order valence-corrected chi connectivity index (χ2v) is 11.1. The van der Waals surface area contributed by atoms with Crippen molar-refractivity contribution in [2.75, 3.05) is 20.1 Å². The Kier molecular flexibility index (Phi) is 4.48. The molecule has 1 spiro atoms. The topological polar surface area (TPSA) is 66.2 Å². The van der Waals surface area contributed by atoms with Gasteiger partial charge in [-0.3, -0.25) is 9.69 Å². The molecule has 5 atom stereocenters. The number of amides is 1. The predicted molar refractivity (Wildman–Crippen MR) is 128 cm³/mol. The molecule has 1 amide bonds. The first-order chi connectivity index (χ1) is 16.6. The van der Waals surface area contributed by atoms with Crippen LogP contribution in [0.4, 0.5) is 0 Å². The van der Waals surface area contributed by atoms with E-state index < -0.39 is 0 Å². The van der Waals surface area contributed by atoms with Gasteiger partial charge in [0.2, 0.25) is 5.91 Å². The fraction of sp³-hybridized carbons (Fsp3) is 0.536. The lowest BCUT2D eigenvalue weighted by Gasteiger charge is -2.60. The Hall–Kier alpha value is -2.73. The molecule has 6 nitrogen and oxygen atoms in total. The zero-order valence-electron chi connectivity index (χ0n) is 19.7. The predicted octanol–water partition coefficient (Wildman–Crippen LogP) is 3.97. The van der Waals surface area contributed by atoms with Crippen molar-refractivity contribution in [3.8, 4) is 11.5 Å². The summed E-state index contributed by atoms with van der Waals surface area (Å²) < 4.78 is 11.8. The molecule has 1 N–H and O–H groups in total. The van der Waals surface area contributed by atoms with Crippen molar-refractivity contribution in [1.82, 2.24) is 9.80 Å². The maximum atomic E-state index is 13.2. The Labute approximate surface area is 200 Å². The third-order valence-electron chi connectivity index (χ3n) is 9.40. The number of aromatic hydroxyl groups is 1. The summed E-state index contributed by atoms with van der Waals surface area (Å²) in [6.45, 7) is 2.31. The average molecular weight is 461 g/mol. The van der Waals surface area contributed by atoms with E-state index in [9.17, 15) is 9.90 Å². The van der Waals surface area contributed by atoms with Gasteiger partial charge in [-0.2, -0.15) is 0 Å². The molecular formula is C28H32N2O4. The third kappa shape index (κ3) is 2.87. The molecule has 2 aromatic rings. The maximum Gasteiger partial charge on any atom is 0.246 e. The van der Waals surface area contributed by atoms with Gasteiger partial charge in [-0.15, -0.1) is 0 Å². The van der Waals surface area contributed by atoms with E-state index >= 15 is 0 Å². The molecule has 6 heteroatoms. The van der Waals surface area contributed by atoms with Gasteiger partial charge in [0.15, 0.2) is 11.5 Å². The average Bonchev–Trinajstić information content (AvgIpc) is 3.36. The van der Waals surface area contributed by atoms with Crippen molar-refractivity contribution >= 4 is 12.0 Å². The summed E-state index contributed by atoms with van der Waals surface area (Å²) in [5.74, 6) is 2.30. The molecule has 3 heterocycles. The number of nitrogens with zero attached hydrogens (tertiary/aromatic N) is 2. The van der Waals surface area contributed by atoms with E-state index in [2.05, 4.69) is 11.0 Å². The molecule has 3 aliphatic carbocycles. The quantitative estimate of drug-likeness (QED) is 0.684. The first kappa shape index (κ1) is 20.6. The SMILES string of the molecule is CN(C(=O)/C=C/c1ccoc1)[C@@H]1CCC2[C@H]3Cc4ccc(O)c5c4[C@@]2(CCN3CC2CC2)[C@H]1O5. The van der Waals surface area contributed by atoms with Gasteiger partial charge >= 0.3 is 0 Å². The number of carbonyl (C=O) groups is 1.